The van der Waals surface area contributed by atoms with Gasteiger partial charge in [0.2, 0.25) is 0 Å². The first-order chi connectivity index (χ1) is 11.6. The lowest BCUT2D eigenvalue weighted by atomic mass is 9.74. The average molecular weight is 356 g/mol. The van der Waals surface area contributed by atoms with Crippen molar-refractivity contribution in [2.75, 3.05) is 19.8 Å². The van der Waals surface area contributed by atoms with E-state index >= 15 is 0 Å². The van der Waals surface area contributed by atoms with Gasteiger partial charge >= 0.3 is 0 Å². The van der Waals surface area contributed by atoms with E-state index in [1.54, 1.807) is 6.08 Å². The van der Waals surface area contributed by atoms with E-state index in [1.165, 1.54) is 5.54 Å². The van der Waals surface area contributed by atoms with Gasteiger partial charge in [-0.25, -0.2) is 0 Å². The molecule has 3 aliphatic rings. The van der Waals surface area contributed by atoms with Gasteiger partial charge in [-0.05, 0) is 12.5 Å². The number of aliphatic hydroxyl groups excluding tert-OH is 1. The molecule has 2 heterocycles. The van der Waals surface area contributed by atoms with E-state index in [4.69, 9.17) is 25.9 Å². The van der Waals surface area contributed by atoms with Gasteiger partial charge in [0.25, 0.3) is 0 Å². The summed E-state index contributed by atoms with van der Waals surface area (Å²) >= 11 is 5.42. The van der Waals surface area contributed by atoms with Crippen molar-refractivity contribution in [2.24, 2.45) is 11.1 Å². The number of rotatable bonds is 6. The molecule has 3 atom stereocenters. The Morgan fingerprint density at radius 2 is 2.38 bits per heavy atom. The zero-order chi connectivity index (χ0) is 17.2. The summed E-state index contributed by atoms with van der Waals surface area (Å²) in [5.74, 6) is -0.0136. The number of carbonyl (C=O) groups excluding carboxylic acids is 1. The lowest BCUT2D eigenvalue weighted by Gasteiger charge is -2.30. The standard InChI is InChI=1S/C17H22ClNO5/c1-2-12(19-23-6-3-5-18)16-13(20)8-11(9-14(16)21)17-4-7-22-10-15(17)24-17/h3,5,11,15,20H,2,4,6-10H2,1H3/b5-3+,19-12?. The molecule has 2 fully saturated rings. The molecule has 0 saturated carbocycles. The van der Waals surface area contributed by atoms with Crippen molar-refractivity contribution in [3.8, 4) is 0 Å². The van der Waals surface area contributed by atoms with Crippen molar-refractivity contribution in [1.29, 1.82) is 0 Å². The fourth-order valence-corrected chi connectivity index (χ4v) is 3.73. The zero-order valence-electron chi connectivity index (χ0n) is 13.7. The van der Waals surface area contributed by atoms with Crippen LogP contribution in [0.1, 0.15) is 32.6 Å². The molecule has 2 aliphatic heterocycles. The molecular formula is C17H22ClNO5. The summed E-state index contributed by atoms with van der Waals surface area (Å²) in [5.41, 5.74) is 1.81. The first-order valence-corrected chi connectivity index (χ1v) is 8.71. The van der Waals surface area contributed by atoms with Crippen LogP contribution in [0.3, 0.4) is 0 Å². The molecule has 0 bridgehead atoms. The Morgan fingerprint density at radius 3 is 3.04 bits per heavy atom. The lowest BCUT2D eigenvalue weighted by molar-refractivity contribution is -0.117. The molecule has 0 aromatic rings. The van der Waals surface area contributed by atoms with Crippen LogP contribution >= 0.6 is 11.6 Å². The molecule has 132 valence electrons. The molecule has 3 rings (SSSR count). The van der Waals surface area contributed by atoms with Crippen LogP contribution in [0, 0.1) is 5.92 Å². The maximum atomic E-state index is 12.6. The number of nitrogens with zero attached hydrogens (tertiary/aromatic N) is 1. The van der Waals surface area contributed by atoms with Crippen molar-refractivity contribution >= 4 is 23.1 Å². The van der Waals surface area contributed by atoms with Crippen LogP contribution in [0.15, 0.2) is 28.1 Å². The van der Waals surface area contributed by atoms with E-state index in [0.29, 0.717) is 43.8 Å². The lowest BCUT2D eigenvalue weighted by Crippen LogP contribution is -2.38. The Bertz CT molecular complexity index is 600. The van der Waals surface area contributed by atoms with Gasteiger partial charge in [0, 0.05) is 37.3 Å². The summed E-state index contributed by atoms with van der Waals surface area (Å²) in [6.07, 6.45) is 3.72. The van der Waals surface area contributed by atoms with Gasteiger partial charge in [-0.15, -0.1) is 0 Å². The van der Waals surface area contributed by atoms with Crippen molar-refractivity contribution in [2.45, 2.75) is 44.3 Å². The third-order valence-corrected chi connectivity index (χ3v) is 5.12. The highest BCUT2D eigenvalue weighted by atomic mass is 35.5. The van der Waals surface area contributed by atoms with E-state index in [0.717, 1.165) is 6.42 Å². The molecule has 1 aliphatic carbocycles. The molecule has 2 saturated heterocycles. The van der Waals surface area contributed by atoms with E-state index in [9.17, 15) is 9.90 Å². The molecule has 1 N–H and O–H groups in total. The smallest absolute Gasteiger partial charge is 0.168 e. The number of Topliss-reactive ketones (excluding diaryl/α,β-unsaturated/α-hetero) is 1. The topological polar surface area (TPSA) is 80.7 Å². The maximum absolute atomic E-state index is 12.6. The number of ketones is 1. The van der Waals surface area contributed by atoms with Crippen LogP contribution in [0.2, 0.25) is 0 Å². The third-order valence-electron chi connectivity index (χ3n) is 4.94. The average Bonchev–Trinajstić information content (AvgIpc) is 3.32. The number of hydrogen-bond donors (Lipinski definition) is 1. The zero-order valence-corrected chi connectivity index (χ0v) is 14.4. The van der Waals surface area contributed by atoms with E-state index in [2.05, 4.69) is 5.16 Å². The second kappa shape index (κ2) is 7.25. The van der Waals surface area contributed by atoms with E-state index < -0.39 is 0 Å². The molecule has 3 unspecified atom stereocenters. The fraction of sp³-hybridized carbons (Fsp3) is 0.647. The second-order valence-corrected chi connectivity index (χ2v) is 6.54. The third kappa shape index (κ3) is 3.23. The molecule has 7 heteroatoms. The summed E-state index contributed by atoms with van der Waals surface area (Å²) < 4.78 is 11.2. The van der Waals surface area contributed by atoms with Gasteiger partial charge in [0.1, 0.15) is 24.1 Å². The normalized spacial score (nSPS) is 33.8. The minimum atomic E-state index is -0.293. The van der Waals surface area contributed by atoms with Crippen LogP contribution in [-0.4, -0.2) is 48.1 Å². The van der Waals surface area contributed by atoms with Gasteiger partial charge in [-0.2, -0.15) is 0 Å². The predicted octanol–water partition coefficient (Wildman–Crippen LogP) is 2.87. The number of oxime groups is 1. The number of epoxide rings is 1. The van der Waals surface area contributed by atoms with Crippen LogP contribution in [0.25, 0.3) is 0 Å². The fourth-order valence-electron chi connectivity index (χ4n) is 3.66. The minimum absolute atomic E-state index is 0.000793. The first-order valence-electron chi connectivity index (χ1n) is 8.27. The van der Waals surface area contributed by atoms with Gasteiger partial charge in [-0.1, -0.05) is 23.7 Å². The predicted molar refractivity (Wildman–Crippen MR) is 89.1 cm³/mol. The monoisotopic (exact) mass is 355 g/mol. The first kappa shape index (κ1) is 17.5. The molecule has 0 spiro atoms. The van der Waals surface area contributed by atoms with Crippen LogP contribution in [0.4, 0.5) is 0 Å². The van der Waals surface area contributed by atoms with Gasteiger partial charge in [0.15, 0.2) is 5.78 Å². The van der Waals surface area contributed by atoms with Crippen molar-refractivity contribution in [1.82, 2.24) is 0 Å². The van der Waals surface area contributed by atoms with Gasteiger partial charge in [-0.3, -0.25) is 4.79 Å². The van der Waals surface area contributed by atoms with Crippen molar-refractivity contribution < 1.29 is 24.2 Å². The number of aliphatic hydroxyl groups is 1. The summed E-state index contributed by atoms with van der Waals surface area (Å²) in [4.78, 5) is 17.8. The molecular weight excluding hydrogens is 334 g/mol. The highest BCUT2D eigenvalue weighted by Gasteiger charge is 2.63. The largest absolute Gasteiger partial charge is 0.511 e. The molecule has 24 heavy (non-hydrogen) atoms. The number of hydrogen-bond acceptors (Lipinski definition) is 6. The summed E-state index contributed by atoms with van der Waals surface area (Å²) in [7, 11) is 0. The second-order valence-electron chi connectivity index (χ2n) is 6.29. The minimum Gasteiger partial charge on any atom is -0.511 e. The number of ether oxygens (including phenoxy) is 2. The van der Waals surface area contributed by atoms with Crippen LogP contribution < -0.4 is 0 Å². The number of halogens is 1. The van der Waals surface area contributed by atoms with Crippen LogP contribution in [0.5, 0.6) is 0 Å². The molecule has 0 aromatic carbocycles. The number of carbonyl (C=O) groups is 1. The van der Waals surface area contributed by atoms with Crippen molar-refractivity contribution in [3.05, 3.63) is 22.9 Å². The van der Waals surface area contributed by atoms with Gasteiger partial charge in [0.05, 0.1) is 17.9 Å². The SMILES string of the molecule is CCC(=NOC/C=C/Cl)C1=C(O)CC(C23CCOCC2O3)CC1=O. The Morgan fingerprint density at radius 1 is 1.54 bits per heavy atom. The van der Waals surface area contributed by atoms with E-state index in [-0.39, 0.29) is 35.8 Å². The van der Waals surface area contributed by atoms with E-state index in [1.807, 2.05) is 6.92 Å². The van der Waals surface area contributed by atoms with Gasteiger partial charge < -0.3 is 19.4 Å². The summed E-state index contributed by atoms with van der Waals surface area (Å²) in [6, 6.07) is 0. The summed E-state index contributed by atoms with van der Waals surface area (Å²) in [5, 5.41) is 14.5. The highest BCUT2D eigenvalue weighted by Crippen LogP contribution is 2.52. The number of fused-ring (bicyclic) bond motifs is 1. The Kier molecular flexibility index (Phi) is 5.27. The Balaban J connectivity index is 1.74. The maximum Gasteiger partial charge on any atom is 0.168 e. The highest BCUT2D eigenvalue weighted by molar-refractivity contribution is 6.25. The Labute approximate surface area is 146 Å². The Hall–Kier alpha value is -1.37. The van der Waals surface area contributed by atoms with Crippen molar-refractivity contribution in [3.63, 3.8) is 0 Å². The van der Waals surface area contributed by atoms with Crippen LogP contribution in [-0.2, 0) is 19.1 Å². The molecule has 0 aromatic heterocycles. The molecule has 6 nitrogen and oxygen atoms in total. The molecule has 0 amide bonds. The summed E-state index contributed by atoms with van der Waals surface area (Å²) in [6.45, 7) is 3.31. The molecule has 0 radical (unpaired) electrons. The quantitative estimate of drug-likeness (QED) is 0.343. The number of allylic oxidation sites excluding steroid dienone is 2.